The van der Waals surface area contributed by atoms with Crippen LogP contribution in [0.2, 0.25) is 0 Å². The molecule has 2 heterocycles. The second-order valence-electron chi connectivity index (χ2n) is 5.97. The highest BCUT2D eigenvalue weighted by atomic mass is 32.1. The normalized spacial score (nSPS) is 16.0. The van der Waals surface area contributed by atoms with E-state index in [0.717, 1.165) is 55.6 Å². The van der Waals surface area contributed by atoms with Gasteiger partial charge in [0.2, 0.25) is 0 Å². The largest absolute Gasteiger partial charge is 0.484 e. The first kappa shape index (κ1) is 16.9. The molecule has 1 aliphatic heterocycles. The van der Waals surface area contributed by atoms with Crippen LogP contribution in [0, 0.1) is 6.92 Å². The maximum Gasteiger partial charge on any atom is 0.260 e. The molecule has 1 aromatic heterocycles. The minimum absolute atomic E-state index is 0.0604. The van der Waals surface area contributed by atoms with Gasteiger partial charge in [0.05, 0.1) is 10.7 Å². The van der Waals surface area contributed by atoms with E-state index in [0.29, 0.717) is 0 Å². The number of carbonyl (C=O) groups is 1. The summed E-state index contributed by atoms with van der Waals surface area (Å²) in [5, 5.41) is 3.23. The lowest BCUT2D eigenvalue weighted by atomic mass is 10.3. The smallest absolute Gasteiger partial charge is 0.260 e. The maximum atomic E-state index is 12.4. The van der Waals surface area contributed by atoms with Crippen molar-refractivity contribution < 1.29 is 9.53 Å². The summed E-state index contributed by atoms with van der Waals surface area (Å²) < 4.78 is 5.57. The second kappa shape index (κ2) is 8.26. The van der Waals surface area contributed by atoms with Crippen molar-refractivity contribution in [2.75, 3.05) is 32.8 Å². The van der Waals surface area contributed by atoms with E-state index < -0.39 is 0 Å². The molecule has 1 fully saturated rings. The fourth-order valence-corrected chi connectivity index (χ4v) is 3.45. The standard InChI is InChI=1S/C18H23N3O2S/c1-15-19-16(14-24-15)12-20-8-5-9-21(11-10-20)18(22)13-23-17-6-3-2-4-7-17/h2-4,6-7,14H,5,8-13H2,1H3. The molecule has 0 unspecified atom stereocenters. The Labute approximate surface area is 146 Å². The number of hydrogen-bond acceptors (Lipinski definition) is 5. The molecule has 24 heavy (non-hydrogen) atoms. The molecule has 0 radical (unpaired) electrons. The molecule has 0 atom stereocenters. The van der Waals surface area contributed by atoms with Gasteiger partial charge in [0.25, 0.3) is 5.91 Å². The predicted octanol–water partition coefficient (Wildman–Crippen LogP) is 2.56. The molecule has 0 bridgehead atoms. The van der Waals surface area contributed by atoms with Crippen LogP contribution in [0.5, 0.6) is 5.75 Å². The maximum absolute atomic E-state index is 12.4. The molecule has 5 nitrogen and oxygen atoms in total. The number of benzene rings is 1. The molecule has 0 N–H and O–H groups in total. The van der Waals surface area contributed by atoms with Crippen molar-refractivity contribution in [1.29, 1.82) is 0 Å². The molecule has 2 aromatic rings. The number of para-hydroxylation sites is 1. The molecule has 1 amide bonds. The number of nitrogens with zero attached hydrogens (tertiary/aromatic N) is 3. The Hall–Kier alpha value is -1.92. The average Bonchev–Trinajstić information content (AvgIpc) is 2.86. The predicted molar refractivity (Wildman–Crippen MR) is 95.3 cm³/mol. The van der Waals surface area contributed by atoms with Gasteiger partial charge in [-0.1, -0.05) is 18.2 Å². The SMILES string of the molecule is Cc1nc(CN2CCCN(C(=O)COc3ccccc3)CC2)cs1. The number of hydrogen-bond donors (Lipinski definition) is 0. The van der Waals surface area contributed by atoms with E-state index >= 15 is 0 Å². The van der Waals surface area contributed by atoms with E-state index in [1.165, 1.54) is 0 Å². The average molecular weight is 345 g/mol. The van der Waals surface area contributed by atoms with Gasteiger partial charge >= 0.3 is 0 Å². The summed E-state index contributed by atoms with van der Waals surface area (Å²) in [4.78, 5) is 21.2. The van der Waals surface area contributed by atoms with Crippen LogP contribution in [0.1, 0.15) is 17.1 Å². The Morgan fingerprint density at radius 1 is 1.21 bits per heavy atom. The summed E-state index contributed by atoms with van der Waals surface area (Å²) >= 11 is 1.69. The van der Waals surface area contributed by atoms with E-state index in [1.54, 1.807) is 11.3 Å². The van der Waals surface area contributed by atoms with Crippen molar-refractivity contribution in [3.05, 3.63) is 46.4 Å². The quantitative estimate of drug-likeness (QED) is 0.835. The first-order chi connectivity index (χ1) is 11.7. The van der Waals surface area contributed by atoms with Crippen LogP contribution < -0.4 is 4.74 Å². The first-order valence-electron chi connectivity index (χ1n) is 8.30. The molecule has 0 spiro atoms. The van der Waals surface area contributed by atoms with Crippen LogP contribution >= 0.6 is 11.3 Å². The highest BCUT2D eigenvalue weighted by molar-refractivity contribution is 7.09. The zero-order valence-corrected chi connectivity index (χ0v) is 14.8. The van der Waals surface area contributed by atoms with Gasteiger partial charge in [0, 0.05) is 38.1 Å². The lowest BCUT2D eigenvalue weighted by Gasteiger charge is -2.21. The van der Waals surface area contributed by atoms with Gasteiger partial charge in [-0.3, -0.25) is 9.69 Å². The summed E-state index contributed by atoms with van der Waals surface area (Å²) in [7, 11) is 0. The van der Waals surface area contributed by atoms with Crippen molar-refractivity contribution in [3.8, 4) is 5.75 Å². The molecule has 128 valence electrons. The highest BCUT2D eigenvalue weighted by Crippen LogP contribution is 2.13. The number of aryl methyl sites for hydroxylation is 1. The van der Waals surface area contributed by atoms with Crippen molar-refractivity contribution in [2.45, 2.75) is 19.9 Å². The van der Waals surface area contributed by atoms with Crippen LogP contribution in [0.15, 0.2) is 35.7 Å². The van der Waals surface area contributed by atoms with Crippen molar-refractivity contribution in [3.63, 3.8) is 0 Å². The third-order valence-electron chi connectivity index (χ3n) is 4.10. The Morgan fingerprint density at radius 3 is 2.79 bits per heavy atom. The van der Waals surface area contributed by atoms with Gasteiger partial charge in [-0.15, -0.1) is 11.3 Å². The third kappa shape index (κ3) is 4.79. The van der Waals surface area contributed by atoms with Crippen LogP contribution in [0.25, 0.3) is 0 Å². The van der Waals surface area contributed by atoms with Gasteiger partial charge in [-0.05, 0) is 25.5 Å². The minimum Gasteiger partial charge on any atom is -0.484 e. The molecule has 0 saturated carbocycles. The minimum atomic E-state index is 0.0604. The van der Waals surface area contributed by atoms with E-state index in [4.69, 9.17) is 4.74 Å². The van der Waals surface area contributed by atoms with Crippen LogP contribution in [-0.2, 0) is 11.3 Å². The molecule has 1 aliphatic rings. The Bertz CT molecular complexity index is 659. The lowest BCUT2D eigenvalue weighted by molar-refractivity contribution is -0.133. The van der Waals surface area contributed by atoms with E-state index in [-0.39, 0.29) is 12.5 Å². The number of carbonyl (C=O) groups excluding carboxylic acids is 1. The number of amides is 1. The fourth-order valence-electron chi connectivity index (χ4n) is 2.84. The number of rotatable bonds is 5. The summed E-state index contributed by atoms with van der Waals surface area (Å²) in [6.45, 7) is 6.43. The molecule has 3 rings (SSSR count). The Balaban J connectivity index is 1.46. The summed E-state index contributed by atoms with van der Waals surface area (Å²) in [6, 6.07) is 9.48. The van der Waals surface area contributed by atoms with Crippen molar-refractivity contribution >= 4 is 17.2 Å². The molecule has 1 saturated heterocycles. The fraction of sp³-hybridized carbons (Fsp3) is 0.444. The van der Waals surface area contributed by atoms with E-state index in [1.807, 2.05) is 42.2 Å². The van der Waals surface area contributed by atoms with Gasteiger partial charge in [0.1, 0.15) is 5.75 Å². The Morgan fingerprint density at radius 2 is 2.04 bits per heavy atom. The van der Waals surface area contributed by atoms with Crippen LogP contribution in [-0.4, -0.2) is 53.5 Å². The van der Waals surface area contributed by atoms with Crippen LogP contribution in [0.3, 0.4) is 0 Å². The van der Waals surface area contributed by atoms with E-state index in [2.05, 4.69) is 15.3 Å². The number of ether oxygens (including phenoxy) is 1. The lowest BCUT2D eigenvalue weighted by Crippen LogP contribution is -2.38. The molecular formula is C18H23N3O2S. The summed E-state index contributed by atoms with van der Waals surface area (Å²) in [5.74, 6) is 0.798. The van der Waals surface area contributed by atoms with Gasteiger partial charge in [-0.2, -0.15) is 0 Å². The molecule has 6 heteroatoms. The van der Waals surface area contributed by atoms with E-state index in [9.17, 15) is 4.79 Å². The molecular weight excluding hydrogens is 322 g/mol. The highest BCUT2D eigenvalue weighted by Gasteiger charge is 2.20. The zero-order chi connectivity index (χ0) is 16.8. The monoisotopic (exact) mass is 345 g/mol. The second-order valence-corrected chi connectivity index (χ2v) is 7.03. The van der Waals surface area contributed by atoms with Gasteiger partial charge in [0.15, 0.2) is 6.61 Å². The van der Waals surface area contributed by atoms with Crippen molar-refractivity contribution in [1.82, 2.24) is 14.8 Å². The summed E-state index contributed by atoms with van der Waals surface area (Å²) in [6.07, 6.45) is 0.986. The van der Waals surface area contributed by atoms with Gasteiger partial charge < -0.3 is 9.64 Å². The topological polar surface area (TPSA) is 45.7 Å². The number of thiazole rings is 1. The third-order valence-corrected chi connectivity index (χ3v) is 4.92. The van der Waals surface area contributed by atoms with Crippen LogP contribution in [0.4, 0.5) is 0 Å². The molecule has 0 aliphatic carbocycles. The summed E-state index contributed by atoms with van der Waals surface area (Å²) in [5.41, 5.74) is 1.13. The molecule has 1 aromatic carbocycles. The first-order valence-corrected chi connectivity index (χ1v) is 9.17. The Kier molecular flexibility index (Phi) is 5.82. The van der Waals surface area contributed by atoms with Gasteiger partial charge in [-0.25, -0.2) is 4.98 Å². The van der Waals surface area contributed by atoms with Crippen molar-refractivity contribution in [2.24, 2.45) is 0 Å². The zero-order valence-electron chi connectivity index (χ0n) is 14.0. The number of aromatic nitrogens is 1.